The van der Waals surface area contributed by atoms with Gasteiger partial charge in [0.1, 0.15) is 18.2 Å². The number of nitrogens with zero attached hydrogens (tertiary/aromatic N) is 1. The third kappa shape index (κ3) is 4.38. The summed E-state index contributed by atoms with van der Waals surface area (Å²) in [6.07, 6.45) is 0. The maximum Gasteiger partial charge on any atom is 0.244 e. The number of amides is 2. The topological polar surface area (TPSA) is 49.4 Å². The van der Waals surface area contributed by atoms with Crippen molar-refractivity contribution in [3.05, 3.63) is 65.7 Å². The van der Waals surface area contributed by atoms with Gasteiger partial charge in [0, 0.05) is 13.0 Å². The zero-order chi connectivity index (χ0) is 17.7. The molecule has 0 fully saturated rings. The zero-order valence-electron chi connectivity index (χ0n) is 13.4. The number of nitrogens with one attached hydrogen (secondary N) is 1. The first kappa shape index (κ1) is 17.6. The minimum absolute atomic E-state index is 0.128. The van der Waals surface area contributed by atoms with Crippen molar-refractivity contribution in [2.45, 2.75) is 19.9 Å². The summed E-state index contributed by atoms with van der Waals surface area (Å²) in [5.74, 6) is -2.43. The van der Waals surface area contributed by atoms with E-state index in [4.69, 9.17) is 0 Å². The molecule has 0 aliphatic rings. The van der Waals surface area contributed by atoms with Crippen LogP contribution in [0.25, 0.3) is 0 Å². The van der Waals surface area contributed by atoms with Gasteiger partial charge < -0.3 is 10.2 Å². The van der Waals surface area contributed by atoms with Crippen molar-refractivity contribution in [2.75, 3.05) is 11.9 Å². The second-order valence-electron chi connectivity index (χ2n) is 5.41. The van der Waals surface area contributed by atoms with Gasteiger partial charge in [-0.15, -0.1) is 0 Å². The van der Waals surface area contributed by atoms with Crippen molar-refractivity contribution >= 4 is 17.5 Å². The predicted octanol–water partition coefficient (Wildman–Crippen LogP) is 3.51. The molecule has 0 aliphatic heterocycles. The molecule has 6 heteroatoms. The molecule has 0 saturated carbocycles. The van der Waals surface area contributed by atoms with Crippen LogP contribution in [-0.2, 0) is 9.59 Å². The molecular weight excluding hydrogens is 314 g/mol. The second kappa shape index (κ2) is 7.68. The summed E-state index contributed by atoms with van der Waals surface area (Å²) >= 11 is 0. The smallest absolute Gasteiger partial charge is 0.244 e. The second-order valence-corrected chi connectivity index (χ2v) is 5.41. The largest absolute Gasteiger partial charge is 0.327 e. The van der Waals surface area contributed by atoms with Gasteiger partial charge in [0.05, 0.1) is 11.7 Å². The average Bonchev–Trinajstić information content (AvgIpc) is 2.55. The molecule has 1 N–H and O–H groups in total. The maximum atomic E-state index is 13.6. The Labute approximate surface area is 139 Å². The summed E-state index contributed by atoms with van der Waals surface area (Å²) in [6, 6.07) is 11.8. The number of carbonyl (C=O) groups is 2. The van der Waals surface area contributed by atoms with E-state index in [1.165, 1.54) is 11.8 Å². The van der Waals surface area contributed by atoms with Crippen LogP contribution >= 0.6 is 0 Å². The van der Waals surface area contributed by atoms with Crippen LogP contribution in [0.1, 0.15) is 25.5 Å². The van der Waals surface area contributed by atoms with E-state index in [0.717, 1.165) is 17.7 Å². The van der Waals surface area contributed by atoms with E-state index in [-0.39, 0.29) is 24.2 Å². The fourth-order valence-corrected chi connectivity index (χ4v) is 2.37. The minimum atomic E-state index is -0.867. The van der Waals surface area contributed by atoms with Crippen LogP contribution in [0.3, 0.4) is 0 Å². The Bertz CT molecular complexity index is 735. The van der Waals surface area contributed by atoms with Gasteiger partial charge in [-0.25, -0.2) is 8.78 Å². The highest BCUT2D eigenvalue weighted by molar-refractivity contribution is 5.94. The number of hydrogen-bond acceptors (Lipinski definition) is 2. The van der Waals surface area contributed by atoms with E-state index in [9.17, 15) is 18.4 Å². The number of rotatable bonds is 5. The fraction of sp³-hybridized carbons (Fsp3) is 0.222. The summed E-state index contributed by atoms with van der Waals surface area (Å²) in [4.78, 5) is 25.4. The van der Waals surface area contributed by atoms with Gasteiger partial charge >= 0.3 is 0 Å². The number of halogens is 2. The Morgan fingerprint density at radius 1 is 1.12 bits per heavy atom. The van der Waals surface area contributed by atoms with E-state index < -0.39 is 17.5 Å². The van der Waals surface area contributed by atoms with E-state index in [1.807, 2.05) is 37.3 Å². The van der Waals surface area contributed by atoms with Crippen LogP contribution in [0.2, 0.25) is 0 Å². The highest BCUT2D eigenvalue weighted by Gasteiger charge is 2.21. The number of carbonyl (C=O) groups excluding carboxylic acids is 2. The Morgan fingerprint density at radius 2 is 1.79 bits per heavy atom. The highest BCUT2D eigenvalue weighted by Crippen LogP contribution is 2.20. The summed E-state index contributed by atoms with van der Waals surface area (Å²) < 4.78 is 26.5. The monoisotopic (exact) mass is 332 g/mol. The van der Waals surface area contributed by atoms with E-state index in [2.05, 4.69) is 5.32 Å². The molecule has 0 aliphatic carbocycles. The third-order valence-electron chi connectivity index (χ3n) is 3.67. The van der Waals surface area contributed by atoms with Gasteiger partial charge in [-0.1, -0.05) is 30.3 Å². The minimum Gasteiger partial charge on any atom is -0.327 e. The van der Waals surface area contributed by atoms with Crippen molar-refractivity contribution in [1.82, 2.24) is 4.90 Å². The Hall–Kier alpha value is -2.76. The molecule has 2 rings (SSSR count). The third-order valence-corrected chi connectivity index (χ3v) is 3.67. The van der Waals surface area contributed by atoms with Gasteiger partial charge in [-0.05, 0) is 24.6 Å². The Morgan fingerprint density at radius 3 is 2.38 bits per heavy atom. The van der Waals surface area contributed by atoms with Crippen LogP contribution in [0.4, 0.5) is 14.5 Å². The summed E-state index contributed by atoms with van der Waals surface area (Å²) in [7, 11) is 0. The van der Waals surface area contributed by atoms with Crippen molar-refractivity contribution in [1.29, 1.82) is 0 Å². The number of anilines is 1. The Balaban J connectivity index is 2.10. The van der Waals surface area contributed by atoms with Gasteiger partial charge in [-0.3, -0.25) is 9.59 Å². The van der Waals surface area contributed by atoms with Crippen LogP contribution in [0.15, 0.2) is 48.5 Å². The van der Waals surface area contributed by atoms with Crippen LogP contribution < -0.4 is 5.32 Å². The van der Waals surface area contributed by atoms with Crippen LogP contribution in [0.5, 0.6) is 0 Å². The van der Waals surface area contributed by atoms with Crippen molar-refractivity contribution in [3.63, 3.8) is 0 Å². The first-order chi connectivity index (χ1) is 11.4. The molecule has 126 valence electrons. The van der Waals surface area contributed by atoms with Crippen LogP contribution in [0, 0.1) is 11.6 Å². The molecule has 2 aromatic rings. The Kier molecular flexibility index (Phi) is 5.63. The molecule has 0 bridgehead atoms. The normalized spacial score (nSPS) is 11.7. The van der Waals surface area contributed by atoms with Crippen molar-refractivity contribution in [2.24, 2.45) is 0 Å². The summed E-state index contributed by atoms with van der Waals surface area (Å²) in [5, 5.41) is 2.35. The van der Waals surface area contributed by atoms with Gasteiger partial charge in [0.2, 0.25) is 11.8 Å². The number of hydrogen-bond donors (Lipinski definition) is 1. The lowest BCUT2D eigenvalue weighted by atomic mass is 10.1. The molecule has 2 amide bonds. The van der Waals surface area contributed by atoms with Crippen LogP contribution in [-0.4, -0.2) is 23.3 Å². The molecule has 1 atom stereocenters. The lowest BCUT2D eigenvalue weighted by Crippen LogP contribution is -2.38. The van der Waals surface area contributed by atoms with Crippen molar-refractivity contribution < 1.29 is 18.4 Å². The molecule has 24 heavy (non-hydrogen) atoms. The first-order valence-corrected chi connectivity index (χ1v) is 7.45. The molecule has 0 radical (unpaired) electrons. The maximum absolute atomic E-state index is 13.6. The van der Waals surface area contributed by atoms with E-state index in [1.54, 1.807) is 0 Å². The van der Waals surface area contributed by atoms with Crippen molar-refractivity contribution in [3.8, 4) is 0 Å². The molecule has 0 aromatic heterocycles. The molecule has 0 saturated heterocycles. The SMILES string of the molecule is CC(=O)N(CC(=O)Nc1ccc(F)cc1F)C(C)c1ccccc1. The molecular formula is C18H18F2N2O2. The standard InChI is InChI=1S/C18H18F2N2O2/c1-12(14-6-4-3-5-7-14)22(13(2)23)11-18(24)21-17-9-8-15(19)10-16(17)20/h3-10,12H,11H2,1-2H3,(H,21,24). The summed E-state index contributed by atoms with van der Waals surface area (Å²) in [5.41, 5.74) is 0.755. The summed E-state index contributed by atoms with van der Waals surface area (Å²) in [6.45, 7) is 2.94. The lowest BCUT2D eigenvalue weighted by molar-refractivity contribution is -0.134. The lowest BCUT2D eigenvalue weighted by Gasteiger charge is -2.28. The molecule has 0 heterocycles. The van der Waals surface area contributed by atoms with Gasteiger partial charge in [-0.2, -0.15) is 0 Å². The first-order valence-electron chi connectivity index (χ1n) is 7.45. The molecule has 4 nitrogen and oxygen atoms in total. The molecule has 1 unspecified atom stereocenters. The highest BCUT2D eigenvalue weighted by atomic mass is 19.1. The van der Waals surface area contributed by atoms with Gasteiger partial charge in [0.15, 0.2) is 0 Å². The quantitative estimate of drug-likeness (QED) is 0.911. The van der Waals surface area contributed by atoms with Gasteiger partial charge in [0.25, 0.3) is 0 Å². The number of benzene rings is 2. The van der Waals surface area contributed by atoms with E-state index in [0.29, 0.717) is 6.07 Å². The molecule has 0 spiro atoms. The zero-order valence-corrected chi connectivity index (χ0v) is 13.4. The molecule has 2 aromatic carbocycles. The van der Waals surface area contributed by atoms with E-state index >= 15 is 0 Å². The predicted molar refractivity (Wildman–Crippen MR) is 87.2 cm³/mol. The average molecular weight is 332 g/mol. The fourth-order valence-electron chi connectivity index (χ4n) is 2.37.